The van der Waals surface area contributed by atoms with Crippen molar-refractivity contribution < 1.29 is 31.3 Å². The summed E-state index contributed by atoms with van der Waals surface area (Å²) in [7, 11) is -5.82. The smallest absolute Gasteiger partial charge is 0.407 e. The van der Waals surface area contributed by atoms with Crippen LogP contribution in [0.5, 0.6) is 0 Å². The molecule has 9 heteroatoms. The van der Waals surface area contributed by atoms with Crippen LogP contribution in [-0.2, 0) is 14.9 Å². The van der Waals surface area contributed by atoms with Gasteiger partial charge in [-0.15, -0.1) is 0 Å². The van der Waals surface area contributed by atoms with Gasteiger partial charge in [-0.25, -0.2) is 13.2 Å². The lowest BCUT2D eigenvalue weighted by molar-refractivity contribution is 0.00656. The fourth-order valence-corrected chi connectivity index (χ4v) is 0.763. The lowest BCUT2D eigenvalue weighted by Crippen LogP contribution is -2.37. The summed E-state index contributed by atoms with van der Waals surface area (Å²) in [6.07, 6.45) is -1.20. The summed E-state index contributed by atoms with van der Waals surface area (Å²) < 4.78 is 58.9. The normalized spacial score (nSPS) is 12.6. The van der Waals surface area contributed by atoms with Gasteiger partial charge in [0, 0.05) is 6.54 Å². The number of carbonyl (C=O) groups is 1. The van der Waals surface area contributed by atoms with E-state index in [9.17, 15) is 26.5 Å². The second-order valence-corrected chi connectivity index (χ2v) is 4.95. The van der Waals surface area contributed by atoms with Crippen molar-refractivity contribution in [3.63, 3.8) is 0 Å². The first-order valence-corrected chi connectivity index (χ1v) is 5.71. The van der Waals surface area contributed by atoms with Crippen LogP contribution in [0.25, 0.3) is 0 Å². The van der Waals surface area contributed by atoms with Gasteiger partial charge in [-0.1, -0.05) is 13.8 Å². The molecular formula is C7H12F2NO5S-. The minimum absolute atomic E-state index is 0.0799. The van der Waals surface area contributed by atoms with Crippen LogP contribution in [0.3, 0.4) is 0 Å². The molecule has 6 nitrogen and oxygen atoms in total. The van der Waals surface area contributed by atoms with Crippen molar-refractivity contribution in [2.45, 2.75) is 19.1 Å². The quantitative estimate of drug-likeness (QED) is 0.726. The molecule has 0 aliphatic rings. The van der Waals surface area contributed by atoms with E-state index in [1.165, 1.54) is 0 Å². The zero-order valence-corrected chi connectivity index (χ0v) is 9.51. The summed E-state index contributed by atoms with van der Waals surface area (Å²) in [4.78, 5) is 10.8. The first-order valence-electron chi connectivity index (χ1n) is 4.30. The predicted molar refractivity (Wildman–Crippen MR) is 48.8 cm³/mol. The summed E-state index contributed by atoms with van der Waals surface area (Å²) in [6.45, 7) is 1.92. The summed E-state index contributed by atoms with van der Waals surface area (Å²) in [5, 5.41) is -2.49. The van der Waals surface area contributed by atoms with Gasteiger partial charge in [0.05, 0.1) is 0 Å². The van der Waals surface area contributed by atoms with Gasteiger partial charge < -0.3 is 14.6 Å². The Kier molecular flexibility index (Phi) is 5.07. The van der Waals surface area contributed by atoms with E-state index in [1.54, 1.807) is 13.8 Å². The molecule has 0 aliphatic heterocycles. The SMILES string of the molecule is CC(C)CNC(=O)OCC(F)(F)S(=O)(=O)[O-]. The highest BCUT2D eigenvalue weighted by Gasteiger charge is 2.39. The Morgan fingerprint density at radius 1 is 1.50 bits per heavy atom. The summed E-state index contributed by atoms with van der Waals surface area (Å²) >= 11 is 0. The van der Waals surface area contributed by atoms with Crippen LogP contribution in [-0.4, -0.2) is 37.5 Å². The zero-order valence-electron chi connectivity index (χ0n) is 8.70. The van der Waals surface area contributed by atoms with Gasteiger partial charge in [-0.3, -0.25) is 0 Å². The number of rotatable bonds is 5. The molecule has 0 aromatic heterocycles. The second-order valence-electron chi connectivity index (χ2n) is 3.44. The molecule has 0 fully saturated rings. The van der Waals surface area contributed by atoms with Crippen molar-refractivity contribution in [3.8, 4) is 0 Å². The molecule has 96 valence electrons. The standard InChI is InChI=1S/C7H13F2NO5S/c1-5(2)3-10-6(11)15-4-7(8,9)16(12,13)14/h5H,3-4H2,1-2H3,(H,10,11)(H,12,13,14)/p-1. The summed E-state index contributed by atoms with van der Waals surface area (Å²) in [5.41, 5.74) is 0. The number of carbonyl (C=O) groups excluding carboxylic acids is 1. The highest BCUT2D eigenvalue weighted by atomic mass is 32.2. The Balaban J connectivity index is 4.11. The van der Waals surface area contributed by atoms with Gasteiger partial charge in [0.15, 0.2) is 16.7 Å². The van der Waals surface area contributed by atoms with E-state index < -0.39 is 28.1 Å². The van der Waals surface area contributed by atoms with Gasteiger partial charge in [0.25, 0.3) is 0 Å². The number of hydrogen-bond donors (Lipinski definition) is 1. The molecule has 1 amide bonds. The fraction of sp³-hybridized carbons (Fsp3) is 0.857. The minimum atomic E-state index is -5.82. The number of ether oxygens (including phenoxy) is 1. The van der Waals surface area contributed by atoms with Crippen LogP contribution < -0.4 is 5.32 Å². The molecule has 0 rings (SSSR count). The van der Waals surface area contributed by atoms with E-state index in [2.05, 4.69) is 10.1 Å². The third-order valence-electron chi connectivity index (χ3n) is 1.39. The van der Waals surface area contributed by atoms with Crippen LogP contribution in [0.4, 0.5) is 13.6 Å². The van der Waals surface area contributed by atoms with E-state index in [-0.39, 0.29) is 12.5 Å². The Hall–Kier alpha value is -0.960. The number of halogens is 2. The lowest BCUT2D eigenvalue weighted by atomic mass is 10.2. The molecule has 0 heterocycles. The molecule has 0 saturated carbocycles. The van der Waals surface area contributed by atoms with Gasteiger partial charge >= 0.3 is 11.3 Å². The molecular weight excluding hydrogens is 248 g/mol. The zero-order chi connectivity index (χ0) is 13.0. The van der Waals surface area contributed by atoms with Crippen molar-refractivity contribution in [1.82, 2.24) is 5.32 Å². The third kappa shape index (κ3) is 5.21. The van der Waals surface area contributed by atoms with Crippen LogP contribution in [0.15, 0.2) is 0 Å². The lowest BCUT2D eigenvalue weighted by Gasteiger charge is -2.19. The Morgan fingerprint density at radius 2 is 2.00 bits per heavy atom. The first kappa shape index (κ1) is 15.0. The molecule has 0 atom stereocenters. The third-order valence-corrected chi connectivity index (χ3v) is 2.24. The van der Waals surface area contributed by atoms with Gasteiger partial charge in [-0.05, 0) is 5.92 Å². The monoisotopic (exact) mass is 260 g/mol. The van der Waals surface area contributed by atoms with Gasteiger partial charge in [-0.2, -0.15) is 8.78 Å². The molecule has 0 aromatic rings. The highest BCUT2D eigenvalue weighted by molar-refractivity contribution is 7.86. The van der Waals surface area contributed by atoms with Crippen molar-refractivity contribution in [1.29, 1.82) is 0 Å². The number of amides is 1. The van der Waals surface area contributed by atoms with E-state index >= 15 is 0 Å². The first-order chi connectivity index (χ1) is 7.06. The largest absolute Gasteiger partial charge is 0.743 e. The topological polar surface area (TPSA) is 95.5 Å². The van der Waals surface area contributed by atoms with Gasteiger partial charge in [0.1, 0.15) is 0 Å². The molecule has 0 aliphatic carbocycles. The van der Waals surface area contributed by atoms with Gasteiger partial charge in [0.2, 0.25) is 0 Å². The van der Waals surface area contributed by atoms with Crippen LogP contribution in [0, 0.1) is 5.92 Å². The molecule has 0 bridgehead atoms. The van der Waals surface area contributed by atoms with Crippen LogP contribution in [0.1, 0.15) is 13.8 Å². The van der Waals surface area contributed by atoms with E-state index in [1.807, 2.05) is 0 Å². The Labute approximate surface area is 91.7 Å². The second kappa shape index (κ2) is 5.39. The molecule has 0 unspecified atom stereocenters. The minimum Gasteiger partial charge on any atom is -0.743 e. The maximum atomic E-state index is 12.5. The predicted octanol–water partition coefficient (Wildman–Crippen LogP) is 0.507. The fourth-order valence-electron chi connectivity index (χ4n) is 0.560. The summed E-state index contributed by atoms with van der Waals surface area (Å²) in [5.74, 6) is 0.0799. The summed E-state index contributed by atoms with van der Waals surface area (Å²) in [6, 6.07) is 0. The highest BCUT2D eigenvalue weighted by Crippen LogP contribution is 2.20. The number of nitrogens with one attached hydrogen (secondary N) is 1. The molecule has 0 saturated heterocycles. The maximum absolute atomic E-state index is 12.5. The molecule has 0 aromatic carbocycles. The Bertz CT molecular complexity index is 341. The van der Waals surface area contributed by atoms with Crippen LogP contribution in [0.2, 0.25) is 0 Å². The average Bonchev–Trinajstić information content (AvgIpc) is 2.09. The molecule has 0 spiro atoms. The van der Waals surface area contributed by atoms with Crippen molar-refractivity contribution in [2.24, 2.45) is 5.92 Å². The van der Waals surface area contributed by atoms with Crippen molar-refractivity contribution in [3.05, 3.63) is 0 Å². The molecule has 1 N–H and O–H groups in total. The van der Waals surface area contributed by atoms with Crippen molar-refractivity contribution in [2.75, 3.05) is 13.2 Å². The Morgan fingerprint density at radius 3 is 2.38 bits per heavy atom. The number of alkyl carbamates (subject to hydrolysis) is 1. The van der Waals surface area contributed by atoms with Crippen LogP contribution >= 0.6 is 0 Å². The van der Waals surface area contributed by atoms with Crippen molar-refractivity contribution >= 4 is 16.2 Å². The average molecular weight is 260 g/mol. The van der Waals surface area contributed by atoms with E-state index in [0.29, 0.717) is 0 Å². The number of alkyl halides is 2. The molecule has 16 heavy (non-hydrogen) atoms. The van der Waals surface area contributed by atoms with E-state index in [4.69, 9.17) is 0 Å². The maximum Gasteiger partial charge on any atom is 0.407 e. The number of hydrogen-bond acceptors (Lipinski definition) is 5. The molecule has 0 radical (unpaired) electrons. The van der Waals surface area contributed by atoms with E-state index in [0.717, 1.165) is 0 Å².